The van der Waals surface area contributed by atoms with Crippen molar-refractivity contribution in [1.82, 2.24) is 55.5 Å². The average molecular weight is 1510 g/mol. The molecule has 15 nitrogen and oxygen atoms in total. The fraction of sp³-hybridized carbons (Fsp3) is 0.280. The SMILES string of the molecule is C/C(=C\c1ccc(Cl)cc1)c1c(C)c(C(=O)NC2CCCCC2)nn1-c1ccc(Cl)cc1Cl.C/C(=C\c1ccc(Cl)cc1)c1c(C)c(C(=O)NN2CCCCC2)nn1-c1ccc(Cl)cc1Cl.C/C(=C\c1ccc(Cl)cc1)c1c(C)c(C(=O)NN2CCOCC2)nn1-c1ccc(Cl)cc1Cl. The summed E-state index contributed by atoms with van der Waals surface area (Å²) in [6.07, 6.45) is 15.0. The van der Waals surface area contributed by atoms with Crippen LogP contribution in [0.3, 0.4) is 0 Å². The van der Waals surface area contributed by atoms with Gasteiger partial charge in [0.15, 0.2) is 17.1 Å². The Kier molecular flexibility index (Phi) is 26.1. The minimum Gasteiger partial charge on any atom is -0.379 e. The van der Waals surface area contributed by atoms with Crippen LogP contribution < -0.4 is 16.2 Å². The second-order valence-corrected chi connectivity index (χ2v) is 28.3. The van der Waals surface area contributed by atoms with E-state index in [9.17, 15) is 14.4 Å². The highest BCUT2D eigenvalue weighted by atomic mass is 35.5. The zero-order valence-electron chi connectivity index (χ0n) is 55.4. The molecule has 2 saturated heterocycles. The lowest BCUT2D eigenvalue weighted by atomic mass is 9.95. The first kappa shape index (κ1) is 74.8. The Bertz CT molecular complexity index is 4040. The van der Waals surface area contributed by atoms with E-state index in [2.05, 4.69) is 21.3 Å². The summed E-state index contributed by atoms with van der Waals surface area (Å²) in [5, 5.41) is 26.1. The van der Waals surface area contributed by atoms with Crippen molar-refractivity contribution < 1.29 is 19.1 Å². The number of morpholine rings is 1. The van der Waals surface area contributed by atoms with Crippen molar-refractivity contribution in [3.63, 3.8) is 0 Å². The van der Waals surface area contributed by atoms with Crippen LogP contribution >= 0.6 is 104 Å². The van der Waals surface area contributed by atoms with Gasteiger partial charge < -0.3 is 10.1 Å². The normalized spacial score (nSPS) is 15.0. The van der Waals surface area contributed by atoms with Crippen molar-refractivity contribution in [2.75, 3.05) is 39.4 Å². The van der Waals surface area contributed by atoms with E-state index < -0.39 is 0 Å². The lowest BCUT2D eigenvalue weighted by Gasteiger charge is -2.26. The molecular formula is C75H74Cl9N11O4. The maximum absolute atomic E-state index is 13.2. The molecule has 1 saturated carbocycles. The van der Waals surface area contributed by atoms with Crippen LogP contribution in [0, 0.1) is 20.8 Å². The number of rotatable bonds is 15. The van der Waals surface area contributed by atoms with Gasteiger partial charge in [-0.2, -0.15) is 15.3 Å². The number of hydrazine groups is 2. The summed E-state index contributed by atoms with van der Waals surface area (Å²) in [6, 6.07) is 38.6. The molecule has 12 rings (SSSR count). The summed E-state index contributed by atoms with van der Waals surface area (Å²) >= 11 is 56.0. The third kappa shape index (κ3) is 19.2. The van der Waals surface area contributed by atoms with Crippen LogP contribution in [-0.4, -0.2) is 103 Å². The maximum atomic E-state index is 13.2. The average Bonchev–Trinajstić information content (AvgIpc) is 1.65. The third-order valence-corrected chi connectivity index (χ3v) is 19.5. The van der Waals surface area contributed by atoms with Gasteiger partial charge in [-0.1, -0.05) is 166 Å². The summed E-state index contributed by atoms with van der Waals surface area (Å²) < 4.78 is 10.5. The molecule has 3 amide bonds. The molecule has 2 aliphatic heterocycles. The van der Waals surface area contributed by atoms with Gasteiger partial charge in [-0.15, -0.1) is 0 Å². The first-order chi connectivity index (χ1) is 47.5. The summed E-state index contributed by atoms with van der Waals surface area (Å²) in [5.74, 6) is -0.652. The number of nitrogens with one attached hydrogen (secondary N) is 3. The number of carbonyl (C=O) groups excluding carboxylic acids is 3. The maximum Gasteiger partial charge on any atom is 0.286 e. The molecule has 3 aromatic heterocycles. The van der Waals surface area contributed by atoms with Crippen LogP contribution in [-0.2, 0) is 4.74 Å². The van der Waals surface area contributed by atoms with Crippen molar-refractivity contribution in [2.24, 2.45) is 0 Å². The Hall–Kier alpha value is -6.93. The summed E-state index contributed by atoms with van der Waals surface area (Å²) in [7, 11) is 0. The van der Waals surface area contributed by atoms with Gasteiger partial charge >= 0.3 is 0 Å². The van der Waals surface area contributed by atoms with Crippen LogP contribution in [0.4, 0.5) is 0 Å². The summed E-state index contributed by atoms with van der Waals surface area (Å²) in [5.41, 5.74) is 19.5. The molecule has 9 aromatic rings. The number of nitrogens with zero attached hydrogens (tertiary/aromatic N) is 8. The molecule has 99 heavy (non-hydrogen) atoms. The van der Waals surface area contributed by atoms with Gasteiger partial charge in [-0.05, 0) is 210 Å². The zero-order chi connectivity index (χ0) is 70.6. The number of hydrogen-bond acceptors (Lipinski definition) is 9. The quantitative estimate of drug-likeness (QED) is 0.0909. The Morgan fingerprint density at radius 3 is 1.04 bits per heavy atom. The van der Waals surface area contributed by atoms with Crippen LogP contribution in [0.1, 0.15) is 154 Å². The fourth-order valence-corrected chi connectivity index (χ4v) is 14.1. The van der Waals surface area contributed by atoms with Crippen LogP contribution in [0.25, 0.3) is 52.0 Å². The first-order valence-electron chi connectivity index (χ1n) is 32.5. The molecule has 0 radical (unpaired) electrons. The van der Waals surface area contributed by atoms with Gasteiger partial charge in [0.1, 0.15) is 0 Å². The predicted octanol–water partition coefficient (Wildman–Crippen LogP) is 20.3. The number of halogens is 9. The molecule has 0 bridgehead atoms. The van der Waals surface area contributed by atoms with Gasteiger partial charge in [0.2, 0.25) is 0 Å². The molecule has 3 aliphatic rings. The highest BCUT2D eigenvalue weighted by Gasteiger charge is 2.29. The Balaban J connectivity index is 0.000000161. The number of benzene rings is 6. The standard InChI is InChI=1S/C26H26Cl3N3O.C25H25Cl3N4O.C24H23Cl3N4O2/c1-16(14-18-8-10-19(27)11-9-18)25-17(2)24(26(33)30-21-6-4-3-5-7-21)31-32(25)23-13-12-20(28)15-22(23)29;1-16(14-18-6-8-19(26)9-7-18)24-17(2)23(25(33)30-31-12-4-3-5-13-31)29-32(24)22-11-10-20(27)15-21(22)28;1-15(13-17-3-5-18(25)6-4-17)23-16(2)22(24(32)29-30-9-11-33-12-10-30)28-31(23)21-8-7-19(26)14-20(21)27/h8-15,21H,3-7H2,1-2H3,(H,30,33);6-11,14-15H,3-5,12-13H2,1-2H3,(H,30,33);3-8,13-14H,9-12H2,1-2H3,(H,29,32)/b2*16-14+;15-13+. The molecule has 0 spiro atoms. The second-order valence-electron chi connectivity index (χ2n) is 24.5. The first-order valence-corrected chi connectivity index (χ1v) is 35.9. The molecular weight excluding hydrogens is 1440 g/mol. The second kappa shape index (κ2) is 34.6. The van der Waals surface area contributed by atoms with Crippen LogP contribution in [0.15, 0.2) is 127 Å². The van der Waals surface area contributed by atoms with Gasteiger partial charge in [0.05, 0.1) is 62.4 Å². The molecule has 1 aliphatic carbocycles. The monoisotopic (exact) mass is 1510 g/mol. The number of allylic oxidation sites excluding steroid dienone is 3. The Morgan fingerprint density at radius 2 is 0.707 bits per heavy atom. The molecule has 0 atom stereocenters. The zero-order valence-corrected chi connectivity index (χ0v) is 62.2. The van der Waals surface area contributed by atoms with Gasteiger partial charge in [0, 0.05) is 79.0 Å². The largest absolute Gasteiger partial charge is 0.379 e. The Morgan fingerprint density at radius 1 is 0.404 bits per heavy atom. The van der Waals surface area contributed by atoms with Gasteiger partial charge in [0.25, 0.3) is 17.7 Å². The summed E-state index contributed by atoms with van der Waals surface area (Å²) in [4.78, 5) is 39.5. The minimum absolute atomic E-state index is 0.149. The molecule has 516 valence electrons. The lowest BCUT2D eigenvalue weighted by Crippen LogP contribution is -2.48. The van der Waals surface area contributed by atoms with E-state index in [1.807, 2.05) is 155 Å². The number of carbonyl (C=O) groups is 3. The smallest absolute Gasteiger partial charge is 0.286 e. The number of ether oxygens (including phenoxy) is 1. The van der Waals surface area contributed by atoms with Gasteiger partial charge in [-0.3, -0.25) is 25.2 Å². The number of piperidine rings is 1. The van der Waals surface area contributed by atoms with E-state index in [4.69, 9.17) is 119 Å². The molecule has 3 fully saturated rings. The molecule has 0 unspecified atom stereocenters. The summed E-state index contributed by atoms with van der Waals surface area (Å²) in [6.45, 7) is 15.8. The Labute approximate surface area is 622 Å². The van der Waals surface area contributed by atoms with Gasteiger partial charge in [-0.25, -0.2) is 24.1 Å². The third-order valence-electron chi connectivity index (χ3n) is 17.1. The van der Waals surface area contributed by atoms with Crippen molar-refractivity contribution in [1.29, 1.82) is 0 Å². The van der Waals surface area contributed by atoms with E-state index in [0.29, 0.717) is 106 Å². The topological polar surface area (TPSA) is 156 Å². The van der Waals surface area contributed by atoms with E-state index in [1.165, 1.54) is 12.8 Å². The van der Waals surface area contributed by atoms with Crippen molar-refractivity contribution >= 4 is 157 Å². The van der Waals surface area contributed by atoms with Crippen molar-refractivity contribution in [3.05, 3.63) is 240 Å². The van der Waals surface area contributed by atoms with E-state index in [0.717, 1.165) is 119 Å². The molecule has 5 heterocycles. The lowest BCUT2D eigenvalue weighted by molar-refractivity contribution is 0.0124. The highest BCUT2D eigenvalue weighted by molar-refractivity contribution is 6.37. The van der Waals surface area contributed by atoms with E-state index in [-0.39, 0.29) is 23.8 Å². The number of amides is 3. The fourth-order valence-electron chi connectivity index (χ4n) is 12.2. The minimum atomic E-state index is -0.279. The predicted molar refractivity (Wildman–Crippen MR) is 407 cm³/mol. The highest BCUT2D eigenvalue weighted by Crippen LogP contribution is 2.36. The van der Waals surface area contributed by atoms with Crippen LogP contribution in [0.5, 0.6) is 0 Å². The molecule has 3 N–H and O–H groups in total. The number of hydrogen-bond donors (Lipinski definition) is 3. The van der Waals surface area contributed by atoms with Crippen LogP contribution in [0.2, 0.25) is 45.2 Å². The number of aromatic nitrogens is 6. The molecule has 24 heteroatoms. The molecule has 6 aromatic carbocycles. The van der Waals surface area contributed by atoms with E-state index in [1.54, 1.807) is 56.5 Å². The van der Waals surface area contributed by atoms with E-state index >= 15 is 0 Å². The van der Waals surface area contributed by atoms with Crippen molar-refractivity contribution in [2.45, 2.75) is 99.0 Å². The van der Waals surface area contributed by atoms with Crippen molar-refractivity contribution in [3.8, 4) is 17.1 Å².